The molecule has 9 nitrogen and oxygen atoms in total. The molecule has 0 spiro atoms. The molecule has 0 aliphatic heterocycles. The van der Waals surface area contributed by atoms with Crippen molar-refractivity contribution in [2.45, 2.75) is 26.3 Å². The fourth-order valence-corrected chi connectivity index (χ4v) is 2.27. The van der Waals surface area contributed by atoms with E-state index in [1.807, 2.05) is 0 Å². The number of halogens is 2. The summed E-state index contributed by atoms with van der Waals surface area (Å²) in [5.74, 6) is -6.73. The summed E-state index contributed by atoms with van der Waals surface area (Å²) in [6.45, 7) is 5.19. The van der Waals surface area contributed by atoms with Gasteiger partial charge in [0.25, 0.3) is 5.91 Å². The number of anilines is 1. The average molecular weight is 446 g/mol. The highest BCUT2D eigenvalue weighted by Gasteiger charge is 2.41. The standard InChI is InChI=1S/C18H21Cl2N3O6/c1-18(2,3)23-22-13(17(27)29-5)12(16(26)28-4)14(24)15(25)21-11-8-9(19)6-7-10(11)20/h6-8,12,23H,1-5H3,(H,21,25)/b22-13+. The fourth-order valence-electron chi connectivity index (χ4n) is 1.93. The van der Waals surface area contributed by atoms with Gasteiger partial charge in [0.2, 0.25) is 5.78 Å². The summed E-state index contributed by atoms with van der Waals surface area (Å²) in [6.07, 6.45) is 0. The SMILES string of the molecule is COC(=O)/C(=N/NC(C)(C)C)C(C(=O)OC)C(=O)C(=O)Nc1cc(Cl)ccc1Cl. The fraction of sp³-hybridized carbons (Fsp3) is 0.389. The molecule has 0 aliphatic carbocycles. The third-order valence-electron chi connectivity index (χ3n) is 3.28. The molecule has 0 radical (unpaired) electrons. The molecule has 11 heteroatoms. The normalized spacial score (nSPS) is 12.6. The lowest BCUT2D eigenvalue weighted by Gasteiger charge is -2.20. The Balaban J connectivity index is 3.31. The molecule has 0 fully saturated rings. The van der Waals surface area contributed by atoms with Crippen LogP contribution in [0.2, 0.25) is 10.0 Å². The predicted octanol–water partition coefficient (Wildman–Crippen LogP) is 2.21. The van der Waals surface area contributed by atoms with Crippen LogP contribution in [0.4, 0.5) is 5.69 Å². The van der Waals surface area contributed by atoms with Gasteiger partial charge in [-0.2, -0.15) is 5.10 Å². The number of ketones is 1. The van der Waals surface area contributed by atoms with E-state index >= 15 is 0 Å². The van der Waals surface area contributed by atoms with Gasteiger partial charge in [0.1, 0.15) is 0 Å². The van der Waals surface area contributed by atoms with Crippen molar-refractivity contribution in [3.8, 4) is 0 Å². The molecule has 1 aromatic rings. The maximum atomic E-state index is 12.7. The van der Waals surface area contributed by atoms with Gasteiger partial charge in [-0.3, -0.25) is 14.4 Å². The van der Waals surface area contributed by atoms with Gasteiger partial charge in [-0.1, -0.05) is 23.2 Å². The van der Waals surface area contributed by atoms with Crippen molar-refractivity contribution >= 4 is 58.2 Å². The average Bonchev–Trinajstić information content (AvgIpc) is 2.65. The largest absolute Gasteiger partial charge is 0.468 e. The van der Waals surface area contributed by atoms with Crippen molar-refractivity contribution < 1.29 is 28.7 Å². The van der Waals surface area contributed by atoms with Gasteiger partial charge in [0.05, 0.1) is 24.9 Å². The first-order valence-electron chi connectivity index (χ1n) is 8.22. The van der Waals surface area contributed by atoms with E-state index in [-0.39, 0.29) is 15.7 Å². The summed E-state index contributed by atoms with van der Waals surface area (Å²) in [4.78, 5) is 49.6. The van der Waals surface area contributed by atoms with Gasteiger partial charge in [-0.05, 0) is 39.0 Å². The summed E-state index contributed by atoms with van der Waals surface area (Å²) in [6, 6.07) is 4.22. The van der Waals surface area contributed by atoms with Gasteiger partial charge in [0, 0.05) is 10.6 Å². The van der Waals surface area contributed by atoms with Gasteiger partial charge in [-0.15, -0.1) is 0 Å². The minimum absolute atomic E-state index is 0.0468. The number of ether oxygens (including phenoxy) is 2. The zero-order valence-electron chi connectivity index (χ0n) is 16.5. The molecule has 158 valence electrons. The lowest BCUT2D eigenvalue weighted by Crippen LogP contribution is -2.45. The van der Waals surface area contributed by atoms with Crippen LogP contribution in [-0.4, -0.2) is 49.1 Å². The van der Waals surface area contributed by atoms with Crippen LogP contribution < -0.4 is 10.7 Å². The van der Waals surface area contributed by atoms with Crippen molar-refractivity contribution in [2.75, 3.05) is 19.5 Å². The van der Waals surface area contributed by atoms with Crippen molar-refractivity contribution in [1.82, 2.24) is 5.43 Å². The van der Waals surface area contributed by atoms with Crippen LogP contribution >= 0.6 is 23.2 Å². The van der Waals surface area contributed by atoms with E-state index < -0.39 is 40.8 Å². The Morgan fingerprint density at radius 2 is 1.69 bits per heavy atom. The lowest BCUT2D eigenvalue weighted by atomic mass is 9.97. The first-order valence-corrected chi connectivity index (χ1v) is 8.98. The first kappa shape index (κ1) is 24.4. The van der Waals surface area contributed by atoms with E-state index in [2.05, 4.69) is 25.3 Å². The van der Waals surface area contributed by atoms with Crippen LogP contribution in [0.1, 0.15) is 20.8 Å². The van der Waals surface area contributed by atoms with Gasteiger partial charge < -0.3 is 20.2 Å². The highest BCUT2D eigenvalue weighted by molar-refractivity contribution is 6.56. The summed E-state index contributed by atoms with van der Waals surface area (Å²) < 4.78 is 9.18. The summed E-state index contributed by atoms with van der Waals surface area (Å²) >= 11 is 11.8. The van der Waals surface area contributed by atoms with Crippen LogP contribution in [0, 0.1) is 5.92 Å². The van der Waals surface area contributed by atoms with E-state index in [0.29, 0.717) is 0 Å². The molecule has 29 heavy (non-hydrogen) atoms. The van der Waals surface area contributed by atoms with E-state index in [0.717, 1.165) is 14.2 Å². The molecule has 1 aromatic carbocycles. The molecule has 0 aliphatic rings. The second-order valence-corrected chi connectivity index (χ2v) is 7.59. The number of hydrogen-bond donors (Lipinski definition) is 2. The Bertz CT molecular complexity index is 848. The van der Waals surface area contributed by atoms with Crippen LogP contribution in [-0.2, 0) is 28.7 Å². The van der Waals surface area contributed by atoms with Gasteiger partial charge >= 0.3 is 11.9 Å². The monoisotopic (exact) mass is 445 g/mol. The zero-order valence-corrected chi connectivity index (χ0v) is 18.0. The Morgan fingerprint density at radius 3 is 2.21 bits per heavy atom. The zero-order chi connectivity index (χ0) is 22.4. The summed E-state index contributed by atoms with van der Waals surface area (Å²) in [7, 11) is 2.04. The van der Waals surface area contributed by atoms with E-state index in [9.17, 15) is 19.2 Å². The maximum absolute atomic E-state index is 12.7. The highest BCUT2D eigenvalue weighted by Crippen LogP contribution is 2.25. The molecular weight excluding hydrogens is 425 g/mol. The summed E-state index contributed by atoms with van der Waals surface area (Å²) in [5.41, 5.74) is 1.42. The minimum atomic E-state index is -1.96. The number of carbonyl (C=O) groups excluding carboxylic acids is 4. The number of amides is 1. The number of hydrogen-bond acceptors (Lipinski definition) is 8. The number of nitrogens with zero attached hydrogens (tertiary/aromatic N) is 1. The Morgan fingerprint density at radius 1 is 1.07 bits per heavy atom. The number of rotatable bonds is 7. The number of nitrogens with one attached hydrogen (secondary N) is 2. The molecule has 0 heterocycles. The molecule has 0 saturated heterocycles. The second kappa shape index (κ2) is 10.2. The second-order valence-electron chi connectivity index (χ2n) is 6.75. The minimum Gasteiger partial charge on any atom is -0.468 e. The molecule has 1 unspecified atom stereocenters. The van der Waals surface area contributed by atoms with Crippen LogP contribution in [0.5, 0.6) is 0 Å². The lowest BCUT2D eigenvalue weighted by molar-refractivity contribution is -0.150. The number of methoxy groups -OCH3 is 2. The third kappa shape index (κ3) is 7.03. The molecule has 1 amide bonds. The van der Waals surface area contributed by atoms with E-state index in [4.69, 9.17) is 23.2 Å². The molecule has 0 saturated carbocycles. The number of benzene rings is 1. The maximum Gasteiger partial charge on any atom is 0.355 e. The van der Waals surface area contributed by atoms with Crippen molar-refractivity contribution in [3.05, 3.63) is 28.2 Å². The predicted molar refractivity (Wildman–Crippen MR) is 108 cm³/mol. The van der Waals surface area contributed by atoms with Crippen LogP contribution in [0.15, 0.2) is 23.3 Å². The van der Waals surface area contributed by atoms with Crippen molar-refractivity contribution in [3.63, 3.8) is 0 Å². The summed E-state index contributed by atoms with van der Waals surface area (Å²) in [5, 5.41) is 6.44. The van der Waals surface area contributed by atoms with Crippen LogP contribution in [0.3, 0.4) is 0 Å². The Kier molecular flexibility index (Phi) is 8.59. The Labute approximate surface area is 177 Å². The van der Waals surface area contributed by atoms with E-state index in [1.54, 1.807) is 20.8 Å². The van der Waals surface area contributed by atoms with Crippen molar-refractivity contribution in [2.24, 2.45) is 11.0 Å². The van der Waals surface area contributed by atoms with E-state index in [1.165, 1.54) is 18.2 Å². The first-order chi connectivity index (χ1) is 13.4. The quantitative estimate of drug-likeness (QED) is 0.216. The highest BCUT2D eigenvalue weighted by atomic mass is 35.5. The van der Waals surface area contributed by atoms with Gasteiger partial charge in [-0.25, -0.2) is 4.79 Å². The third-order valence-corrected chi connectivity index (χ3v) is 3.84. The molecule has 1 rings (SSSR count). The molecule has 0 aromatic heterocycles. The Hall–Kier alpha value is -2.65. The molecule has 1 atom stereocenters. The van der Waals surface area contributed by atoms with Crippen LogP contribution in [0.25, 0.3) is 0 Å². The van der Waals surface area contributed by atoms with Crippen molar-refractivity contribution in [1.29, 1.82) is 0 Å². The number of esters is 2. The molecule has 2 N–H and O–H groups in total. The number of hydrazone groups is 1. The molecule has 0 bridgehead atoms. The smallest absolute Gasteiger partial charge is 0.355 e. The number of Topliss-reactive ketones (excluding diaryl/α,β-unsaturated/α-hetero) is 1. The number of carbonyl (C=O) groups is 4. The van der Waals surface area contributed by atoms with Gasteiger partial charge in [0.15, 0.2) is 11.6 Å². The molecular formula is C18H21Cl2N3O6. The topological polar surface area (TPSA) is 123 Å².